The van der Waals surface area contributed by atoms with Crippen molar-refractivity contribution in [1.29, 1.82) is 0 Å². The zero-order valence-corrected chi connectivity index (χ0v) is 57.0. The topological polar surface area (TPSA) is 145 Å². The van der Waals surface area contributed by atoms with Crippen molar-refractivity contribution in [3.63, 3.8) is 0 Å². The monoisotopic (exact) mass is 1230 g/mol. The Morgan fingerprint density at radius 3 is 1.96 bits per heavy atom. The number of allylic oxidation sites excluding steroid dienone is 3. The maximum absolute atomic E-state index is 16.0. The fourth-order valence-corrected chi connectivity index (χ4v) is 23.9. The summed E-state index contributed by atoms with van der Waals surface area (Å²) in [4.78, 5) is 41.9. The van der Waals surface area contributed by atoms with Crippen LogP contribution in [-0.2, 0) is 43.7 Å². The first-order chi connectivity index (χ1) is 38.0. The van der Waals surface area contributed by atoms with Crippen LogP contribution in [0, 0.1) is 22.0 Å². The summed E-state index contributed by atoms with van der Waals surface area (Å²) in [6.07, 6.45) is 6.59. The Labute approximate surface area is 493 Å². The second-order valence-electron chi connectivity index (χ2n) is 23.6. The maximum atomic E-state index is 16.0. The average molecular weight is 1230 g/mol. The molecule has 0 radical (unpaired) electrons. The van der Waals surface area contributed by atoms with Crippen molar-refractivity contribution in [1.82, 2.24) is 0 Å². The average Bonchev–Trinajstić information content (AvgIpc) is 4.30. The number of rotatable bonds is 22. The Bertz CT molecular complexity index is 2310. The first kappa shape index (κ1) is 69.5. The van der Waals surface area contributed by atoms with Crippen molar-refractivity contribution >= 4 is 61.8 Å². The molecule has 0 spiro atoms. The van der Waals surface area contributed by atoms with Crippen LogP contribution in [0.3, 0.4) is 0 Å². The van der Waals surface area contributed by atoms with Crippen LogP contribution in [0.15, 0.2) is 84.0 Å². The molecule has 2 aromatic rings. The van der Waals surface area contributed by atoms with E-state index < -0.39 is 55.0 Å². The number of epoxide rings is 1. The molecular weight excluding hydrogens is 1120 g/mol. The summed E-state index contributed by atoms with van der Waals surface area (Å²) in [6, 6.07) is 23.2. The number of cyclic esters (lactones) is 1. The predicted molar refractivity (Wildman–Crippen MR) is 336 cm³/mol. The molecule has 16 heteroatoms. The van der Waals surface area contributed by atoms with Gasteiger partial charge >= 0.3 is 272 Å². The molecule has 4 rings (SSSR count). The number of nitro benzene ring substituents is 1. The van der Waals surface area contributed by atoms with Crippen molar-refractivity contribution in [2.75, 3.05) is 7.11 Å². The van der Waals surface area contributed by atoms with Crippen LogP contribution >= 0.6 is 0 Å². The Hall–Kier alpha value is -3.03. The Balaban J connectivity index is 1.92. The first-order valence-electron chi connectivity index (χ1n) is 30.6. The molecule has 80 heavy (non-hydrogen) atoms. The number of carbonyl (C=O) groups is 2. The van der Waals surface area contributed by atoms with Gasteiger partial charge in [-0.3, -0.25) is 4.79 Å². The molecule has 2 aliphatic rings. The van der Waals surface area contributed by atoms with E-state index >= 15 is 4.79 Å². The van der Waals surface area contributed by atoms with Gasteiger partial charge in [-0.1, -0.05) is 74.4 Å². The van der Waals surface area contributed by atoms with Crippen LogP contribution in [0.25, 0.3) is 0 Å². The van der Waals surface area contributed by atoms with E-state index in [1.165, 1.54) is 0 Å². The van der Waals surface area contributed by atoms with Crippen molar-refractivity contribution < 1.29 is 46.7 Å². The van der Waals surface area contributed by atoms with Crippen molar-refractivity contribution in [2.24, 2.45) is 11.8 Å². The van der Waals surface area contributed by atoms with Gasteiger partial charge in [-0.15, -0.1) is 0 Å². The first-order valence-corrected chi connectivity index (χ1v) is 40.1. The molecule has 0 unspecified atom stereocenters. The second kappa shape index (κ2) is 32.9. The molecule has 2 aliphatic heterocycles. The molecule has 0 aliphatic carbocycles. The molecule has 1 fully saturated rings. The number of esters is 1. The third kappa shape index (κ3) is 19.8. The zero-order chi connectivity index (χ0) is 59.4. The van der Waals surface area contributed by atoms with E-state index in [9.17, 15) is 14.9 Å². The van der Waals surface area contributed by atoms with Crippen LogP contribution < -0.4 is 9.20 Å². The number of methoxy groups -OCH3 is 1. The third-order valence-electron chi connectivity index (χ3n) is 18.2. The number of nitro groups is 1. The molecule has 12 nitrogen and oxygen atoms in total. The van der Waals surface area contributed by atoms with Gasteiger partial charge in [-0.2, -0.15) is 0 Å². The molecule has 0 amide bonds. The zero-order valence-electron chi connectivity index (χ0n) is 52.3. The molecular formula is C64H105NO11SeSi3. The van der Waals surface area contributed by atoms with Gasteiger partial charge in [0.15, 0.2) is 22.4 Å². The van der Waals surface area contributed by atoms with E-state index in [0.717, 1.165) is 107 Å². The fraction of sp³-hybridized carbons (Fsp3) is 0.688. The third-order valence-corrected chi connectivity index (χ3v) is 35.2. The normalized spacial score (nSPS) is 28.2. The van der Waals surface area contributed by atoms with E-state index in [1.54, 1.807) is 19.2 Å². The van der Waals surface area contributed by atoms with E-state index in [1.807, 2.05) is 56.3 Å². The van der Waals surface area contributed by atoms with Crippen molar-refractivity contribution in [2.45, 2.75) is 263 Å². The molecule has 0 aromatic heterocycles. The van der Waals surface area contributed by atoms with Gasteiger partial charge < -0.3 is 18.3 Å². The van der Waals surface area contributed by atoms with Crippen LogP contribution in [-0.4, -0.2) is 106 Å². The van der Waals surface area contributed by atoms with Gasteiger partial charge in [-0.05, 0) is 72.1 Å². The van der Waals surface area contributed by atoms with Gasteiger partial charge in [0.2, 0.25) is 0 Å². The van der Waals surface area contributed by atoms with Crippen LogP contribution in [0.2, 0.25) is 59.2 Å². The van der Waals surface area contributed by atoms with E-state index in [-0.39, 0.29) is 79.2 Å². The Morgan fingerprint density at radius 1 is 0.800 bits per heavy atom. The molecule has 10 atom stereocenters. The quantitative estimate of drug-likeness (QED) is 0.0365. The van der Waals surface area contributed by atoms with Gasteiger partial charge in [0.05, 0.1) is 13.7 Å². The van der Waals surface area contributed by atoms with Crippen LogP contribution in [0.1, 0.15) is 161 Å². The number of nitrogens with zero attached hydrogens (tertiary/aromatic N) is 1. The standard InChI is InChI=1S/C64H105NO11SeSi3/c1-18-78(19-2,20-3)74-54-43-56(66)61(71-45-52-35-37-53(70-17)38-36-52)60(75-79(21-4,22-5)23-6)49(13)42-51(15)72-63(67)48(12)31-27-29-34-59(77-58-33-30-28-32-55(58)65(68)69)62-57(73-62)41-47(11)39-46(10)40-50(14)64(16,44-54)76-80(24-7,25-8)26-9/h28,30-33,35-38,40,47,49,51,54,57,59-62H,10,18-27,29,34,39,41-45H2,1-9,11-17H3/b48-31+,50-40+/t47-,49-,51+,54-,57+,59+,60+,61+,62-,64-/m1/s1. The molecule has 450 valence electrons. The number of Topliss-reactive ketones (excluding diaryl/α,β-unsaturated/α-hetero) is 1. The molecule has 2 aromatic carbocycles. The number of fused-ring (bicyclic) bond motifs is 1. The van der Waals surface area contributed by atoms with Crippen molar-refractivity contribution in [3.05, 3.63) is 99.7 Å². The molecule has 2 heterocycles. The second-order valence-corrected chi connectivity index (χ2v) is 40.5. The van der Waals surface area contributed by atoms with Gasteiger partial charge in [0.25, 0.3) is 0 Å². The van der Waals surface area contributed by atoms with Gasteiger partial charge in [-0.25, -0.2) is 0 Å². The Morgan fingerprint density at radius 2 is 1.39 bits per heavy atom. The number of benzene rings is 2. The summed E-state index contributed by atoms with van der Waals surface area (Å²) in [5.41, 5.74) is 2.91. The predicted octanol–water partition coefficient (Wildman–Crippen LogP) is 16.0. The number of ketones is 1. The van der Waals surface area contributed by atoms with E-state index in [4.69, 9.17) is 32.2 Å². The number of para-hydroxylation sites is 1. The summed E-state index contributed by atoms with van der Waals surface area (Å²) in [5.74, 6) is 0.312. The Kier molecular flexibility index (Phi) is 28.5. The fourth-order valence-electron chi connectivity index (χ4n) is 12.0. The number of ether oxygens (including phenoxy) is 4. The number of carbonyl (C=O) groups excluding carboxylic acids is 2. The minimum atomic E-state index is -2.40. The molecule has 1 saturated heterocycles. The van der Waals surface area contributed by atoms with E-state index in [2.05, 4.69) is 103 Å². The van der Waals surface area contributed by atoms with Crippen LogP contribution in [0.4, 0.5) is 5.69 Å². The summed E-state index contributed by atoms with van der Waals surface area (Å²) >= 11 is -0.213. The van der Waals surface area contributed by atoms with Crippen LogP contribution in [0.5, 0.6) is 5.75 Å². The summed E-state index contributed by atoms with van der Waals surface area (Å²) in [5, 5.41) is 12.2. The minimum absolute atomic E-state index is 0.00382. The summed E-state index contributed by atoms with van der Waals surface area (Å²) in [6.45, 7) is 37.6. The van der Waals surface area contributed by atoms with Crippen molar-refractivity contribution in [3.8, 4) is 5.75 Å². The molecule has 0 N–H and O–H groups in total. The summed E-state index contributed by atoms with van der Waals surface area (Å²) < 4.78 is 49.0. The number of hydrogen-bond acceptors (Lipinski definition) is 11. The van der Waals surface area contributed by atoms with Gasteiger partial charge in [0.1, 0.15) is 11.9 Å². The van der Waals surface area contributed by atoms with Gasteiger partial charge in [0, 0.05) is 6.42 Å². The summed E-state index contributed by atoms with van der Waals surface area (Å²) in [7, 11) is -5.39. The number of hydrogen-bond donors (Lipinski definition) is 0. The van der Waals surface area contributed by atoms with E-state index in [0.29, 0.717) is 24.8 Å². The molecule has 0 saturated carbocycles. The molecule has 0 bridgehead atoms. The SMILES string of the molecule is C=C1/C=C(\C)[C@](C)(O[Si](CC)(CC)CC)C[C@H](O[Si](CC)(CC)CC)CC(=O)[C@H](OCc2ccc(OC)cc2)[C@@H](O[Si](CC)(CC)CC)[C@H](C)C[C@H](C)OC(=O)/C(C)=C/CCC[C@H]([Se]c2ccccc2[N+](=O)[O-])[C@@H]2O[C@H]2C[C@H](C)C1.